The summed E-state index contributed by atoms with van der Waals surface area (Å²) in [5.74, 6) is -4.85. The van der Waals surface area contributed by atoms with E-state index in [0.29, 0.717) is 5.52 Å². The number of anilines is 2. The van der Waals surface area contributed by atoms with Crippen LogP contribution in [0.4, 0.5) is 20.0 Å². The van der Waals surface area contributed by atoms with E-state index in [1.807, 2.05) is 0 Å². The van der Waals surface area contributed by atoms with Gasteiger partial charge < -0.3 is 45.2 Å². The minimum atomic E-state index is -1.41. The number of amides is 3. The van der Waals surface area contributed by atoms with Crippen LogP contribution < -0.4 is 21.4 Å². The molecule has 0 spiro atoms. The van der Waals surface area contributed by atoms with Gasteiger partial charge >= 0.3 is 18.0 Å². The van der Waals surface area contributed by atoms with Gasteiger partial charge in [-0.25, -0.2) is 23.8 Å². The number of thiazole rings is 1. The molecule has 3 aliphatic heterocycles. The number of β-lactam (4-membered cyclic amide) rings is 1. The Kier molecular flexibility index (Phi) is 9.45. The number of nitrogen functional groups attached to an aromatic ring is 1. The fraction of sp³-hybridized carbons (Fsp3) is 0.375. The molecule has 1 aliphatic carbocycles. The van der Waals surface area contributed by atoms with E-state index in [9.17, 15) is 39.0 Å². The van der Waals surface area contributed by atoms with Crippen LogP contribution in [0.1, 0.15) is 34.9 Å². The smallest absolute Gasteiger partial charge is 0.410 e. The van der Waals surface area contributed by atoms with Crippen molar-refractivity contribution in [2.24, 2.45) is 5.16 Å². The highest BCUT2D eigenvalue weighted by Gasteiger charge is 2.54. The van der Waals surface area contributed by atoms with Gasteiger partial charge in [0, 0.05) is 60.5 Å². The number of fused-ring (bicyclic) bond motifs is 2. The number of aromatic carboxylic acids is 1. The SMILES string of the molecule is CO/N=C(\C(=O)N[C@@H]1C(=O)N2C(C(=O)O)=C(COC(=O)N3CCN(c4cc5c(cc4F)c(=O)c(C(=O)O)cn5C4CC4)CC3)CS[C@H]12)c1csc(N)n1. The molecule has 5 N–H and O–H groups in total. The zero-order chi connectivity index (χ0) is 37.7. The molecule has 278 valence electrons. The molecule has 21 heteroatoms. The number of benzene rings is 1. The third kappa shape index (κ3) is 6.60. The Morgan fingerprint density at radius 1 is 1.11 bits per heavy atom. The number of pyridine rings is 1. The summed E-state index contributed by atoms with van der Waals surface area (Å²) in [5.41, 5.74) is 4.88. The van der Waals surface area contributed by atoms with Crippen molar-refractivity contribution < 1.29 is 48.2 Å². The van der Waals surface area contributed by atoms with Crippen LogP contribution in [0.15, 0.2) is 44.9 Å². The van der Waals surface area contributed by atoms with Crippen molar-refractivity contribution in [3.63, 3.8) is 0 Å². The fourth-order valence-corrected chi connectivity index (χ4v) is 8.35. The number of ether oxygens (including phenoxy) is 1. The molecule has 3 aromatic rings. The molecule has 5 heterocycles. The topological polar surface area (TPSA) is 239 Å². The van der Waals surface area contributed by atoms with E-state index >= 15 is 4.39 Å². The highest BCUT2D eigenvalue weighted by molar-refractivity contribution is 8.00. The normalized spacial score (nSPS) is 20.2. The van der Waals surface area contributed by atoms with Crippen molar-refractivity contribution in [1.82, 2.24) is 24.7 Å². The van der Waals surface area contributed by atoms with Crippen LogP contribution >= 0.6 is 23.1 Å². The third-order valence-electron chi connectivity index (χ3n) is 9.22. The van der Waals surface area contributed by atoms with Gasteiger partial charge in [0.1, 0.15) is 47.9 Å². The maximum Gasteiger partial charge on any atom is 0.410 e. The predicted molar refractivity (Wildman–Crippen MR) is 188 cm³/mol. The summed E-state index contributed by atoms with van der Waals surface area (Å²) in [5, 5.41) is 26.7. The summed E-state index contributed by atoms with van der Waals surface area (Å²) < 4.78 is 22.6. The van der Waals surface area contributed by atoms with Crippen LogP contribution in [0.3, 0.4) is 0 Å². The number of nitrogens with two attached hydrogens (primary N) is 1. The van der Waals surface area contributed by atoms with Gasteiger partial charge in [0.25, 0.3) is 11.8 Å². The maximum absolute atomic E-state index is 15.4. The Balaban J connectivity index is 0.986. The van der Waals surface area contributed by atoms with Crippen molar-refractivity contribution in [3.05, 3.63) is 62.3 Å². The van der Waals surface area contributed by atoms with Crippen molar-refractivity contribution >= 4 is 80.4 Å². The molecule has 1 aromatic carbocycles. The molecule has 0 radical (unpaired) electrons. The van der Waals surface area contributed by atoms with Gasteiger partial charge in [0.05, 0.1) is 11.2 Å². The highest BCUT2D eigenvalue weighted by atomic mass is 32.2. The van der Waals surface area contributed by atoms with Crippen molar-refractivity contribution in [2.75, 3.05) is 56.3 Å². The lowest BCUT2D eigenvalue weighted by Gasteiger charge is -2.49. The largest absolute Gasteiger partial charge is 0.477 e. The second-order valence-corrected chi connectivity index (χ2v) is 14.5. The molecule has 2 saturated heterocycles. The molecule has 2 aromatic heterocycles. The number of halogens is 1. The number of hydrogen-bond acceptors (Lipinski definition) is 14. The molecule has 3 amide bonds. The molecule has 18 nitrogen and oxygen atoms in total. The number of carboxylic acids is 2. The first-order valence-corrected chi connectivity index (χ1v) is 18.1. The molecular formula is C32H31FN8O10S2. The number of piperazine rings is 1. The number of carbonyl (C=O) groups excluding carboxylic acids is 3. The first-order chi connectivity index (χ1) is 25.4. The summed E-state index contributed by atoms with van der Waals surface area (Å²) in [6, 6.07) is 1.53. The van der Waals surface area contributed by atoms with E-state index in [-0.39, 0.29) is 76.9 Å². The van der Waals surface area contributed by atoms with Crippen LogP contribution in [-0.2, 0) is 24.0 Å². The van der Waals surface area contributed by atoms with E-state index in [1.54, 1.807) is 9.47 Å². The maximum atomic E-state index is 15.4. The standard InChI is InChI=1S/C32H31FN8O10S2/c1-50-37-22(19-13-53-31(34)35-19)26(43)36-23-27(44)41-24(30(47)48)14(12-52-28(23)41)11-51-32(49)39-6-4-38(5-7-39)21-9-20-16(8-18(21)33)25(42)17(29(45)46)10-40(20)15-2-3-15/h8-10,13,15,23,28H,2-7,11-12H2,1H3,(H2,34,35)(H,36,43)(H,45,46)(H,47,48)/b37-22-/t23-,28-/m1/s1. The molecule has 53 heavy (non-hydrogen) atoms. The summed E-state index contributed by atoms with van der Waals surface area (Å²) in [6.45, 7) is 0.286. The van der Waals surface area contributed by atoms with Crippen molar-refractivity contribution in [1.29, 1.82) is 0 Å². The quantitative estimate of drug-likeness (QED) is 0.129. The molecule has 4 aliphatic rings. The van der Waals surface area contributed by atoms with Gasteiger partial charge in [-0.3, -0.25) is 19.3 Å². The average Bonchev–Trinajstić information content (AvgIpc) is 3.90. The van der Waals surface area contributed by atoms with Crippen molar-refractivity contribution in [2.45, 2.75) is 30.3 Å². The zero-order valence-electron chi connectivity index (χ0n) is 27.8. The molecule has 7 rings (SSSR count). The van der Waals surface area contributed by atoms with Crippen LogP contribution in [0, 0.1) is 5.82 Å². The van der Waals surface area contributed by atoms with E-state index in [0.717, 1.165) is 35.1 Å². The van der Waals surface area contributed by atoms with Gasteiger partial charge in [0.2, 0.25) is 5.43 Å². The number of nitrogens with one attached hydrogen (secondary N) is 1. The van der Waals surface area contributed by atoms with Gasteiger partial charge in [-0.2, -0.15) is 0 Å². The number of aliphatic carboxylic acids is 1. The Hall–Kier alpha value is -5.70. The molecular weight excluding hydrogens is 740 g/mol. The second-order valence-electron chi connectivity index (χ2n) is 12.5. The summed E-state index contributed by atoms with van der Waals surface area (Å²) in [7, 11) is 1.23. The van der Waals surface area contributed by atoms with Crippen LogP contribution in [0.5, 0.6) is 0 Å². The molecule has 0 bridgehead atoms. The summed E-state index contributed by atoms with van der Waals surface area (Å²) in [6.07, 6.45) is 2.18. The minimum absolute atomic E-state index is 0.0112. The number of hydrogen-bond donors (Lipinski definition) is 4. The number of nitrogens with zero attached hydrogens (tertiary/aromatic N) is 6. The molecule has 3 fully saturated rings. The van der Waals surface area contributed by atoms with E-state index in [4.69, 9.17) is 15.3 Å². The number of rotatable bonds is 10. The van der Waals surface area contributed by atoms with Crippen molar-refractivity contribution in [3.8, 4) is 0 Å². The van der Waals surface area contributed by atoms with Gasteiger partial charge in [-0.15, -0.1) is 23.1 Å². The Labute approximate surface area is 306 Å². The number of carboxylic acid groups (broad SMARTS) is 2. The number of oxime groups is 1. The monoisotopic (exact) mass is 770 g/mol. The molecule has 0 unspecified atom stereocenters. The number of carbonyl (C=O) groups is 5. The van der Waals surface area contributed by atoms with Gasteiger partial charge in [-0.05, 0) is 25.0 Å². The predicted octanol–water partition coefficient (Wildman–Crippen LogP) is 1.26. The van der Waals surface area contributed by atoms with Gasteiger partial charge in [0.15, 0.2) is 10.8 Å². The highest BCUT2D eigenvalue weighted by Crippen LogP contribution is 2.41. The second kappa shape index (κ2) is 14.0. The lowest BCUT2D eigenvalue weighted by molar-refractivity contribution is -0.150. The van der Waals surface area contributed by atoms with E-state index < -0.39 is 64.7 Å². The van der Waals surface area contributed by atoms with E-state index in [2.05, 4.69) is 15.5 Å². The first-order valence-electron chi connectivity index (χ1n) is 16.2. The van der Waals surface area contributed by atoms with Gasteiger partial charge in [-0.1, -0.05) is 5.16 Å². The fourth-order valence-electron chi connectivity index (χ4n) is 6.47. The summed E-state index contributed by atoms with van der Waals surface area (Å²) in [4.78, 5) is 89.0. The van der Waals surface area contributed by atoms with E-state index in [1.165, 1.54) is 41.4 Å². The Morgan fingerprint density at radius 2 is 1.85 bits per heavy atom. The summed E-state index contributed by atoms with van der Waals surface area (Å²) >= 11 is 2.26. The number of aromatic nitrogens is 2. The zero-order valence-corrected chi connectivity index (χ0v) is 29.4. The molecule has 1 saturated carbocycles. The molecule has 2 atom stereocenters. The average molecular weight is 771 g/mol. The van der Waals surface area contributed by atoms with Crippen LogP contribution in [-0.4, -0.2) is 122 Å². The minimum Gasteiger partial charge on any atom is -0.477 e. The lowest BCUT2D eigenvalue weighted by Crippen LogP contribution is -2.71. The van der Waals surface area contributed by atoms with Crippen LogP contribution in [0.25, 0.3) is 10.9 Å². The Morgan fingerprint density at radius 3 is 2.47 bits per heavy atom. The number of thioether (sulfide) groups is 1. The third-order valence-corrected chi connectivity index (χ3v) is 11.2. The lowest BCUT2D eigenvalue weighted by atomic mass is 10.0. The van der Waals surface area contributed by atoms with Crippen LogP contribution in [0.2, 0.25) is 0 Å². The Bertz CT molecular complexity index is 2190. The first kappa shape index (κ1) is 35.7.